The van der Waals surface area contributed by atoms with Crippen molar-refractivity contribution in [3.05, 3.63) is 157 Å². The normalized spacial score (nSPS) is 18.3. The third-order valence-corrected chi connectivity index (χ3v) is 17.8. The molecule has 8 heteroatoms. The molecule has 2 aromatic heterocycles. The Morgan fingerprint density at radius 3 is 2.16 bits per heavy atom. The summed E-state index contributed by atoms with van der Waals surface area (Å²) >= 11 is 0. The zero-order valence-electron chi connectivity index (χ0n) is 49.8. The van der Waals surface area contributed by atoms with Gasteiger partial charge in [-0.1, -0.05) is 146 Å². The lowest BCUT2D eigenvalue weighted by atomic mass is 9.79. The van der Waals surface area contributed by atoms with E-state index in [1.807, 2.05) is 36.4 Å². The van der Waals surface area contributed by atoms with Crippen molar-refractivity contribution in [1.29, 1.82) is 0 Å². The number of nitrogens with zero attached hydrogens (tertiary/aromatic N) is 6. The Kier molecular flexibility index (Phi) is 20.6. The van der Waals surface area contributed by atoms with Crippen molar-refractivity contribution in [3.8, 4) is 22.4 Å². The molecule has 5 aromatic rings. The summed E-state index contributed by atoms with van der Waals surface area (Å²) in [6.45, 7) is 42.9. The summed E-state index contributed by atoms with van der Waals surface area (Å²) in [6, 6.07) is 29.5. The highest BCUT2D eigenvalue weighted by Gasteiger charge is 2.35. The number of anilines is 1. The number of piperazine rings is 1. The lowest BCUT2D eigenvalue weighted by Crippen LogP contribution is -2.50. The highest BCUT2D eigenvalue weighted by molar-refractivity contribution is 5.95. The fourth-order valence-corrected chi connectivity index (χ4v) is 12.8. The van der Waals surface area contributed by atoms with Crippen LogP contribution in [-0.4, -0.2) is 96.2 Å². The van der Waals surface area contributed by atoms with Crippen LogP contribution in [0.2, 0.25) is 0 Å². The lowest BCUT2D eigenvalue weighted by Gasteiger charge is -2.45. The van der Waals surface area contributed by atoms with Gasteiger partial charge in [-0.05, 0) is 155 Å². The fourth-order valence-electron chi connectivity index (χ4n) is 12.8. The van der Waals surface area contributed by atoms with Crippen molar-refractivity contribution in [1.82, 2.24) is 29.6 Å². The summed E-state index contributed by atoms with van der Waals surface area (Å²) in [4.78, 5) is 15.2. The van der Waals surface area contributed by atoms with Gasteiger partial charge in [0.2, 0.25) is 0 Å². The quantitative estimate of drug-likeness (QED) is 0.0597. The third kappa shape index (κ3) is 14.4. The van der Waals surface area contributed by atoms with Crippen LogP contribution in [0, 0.1) is 30.1 Å². The number of nitrogens with two attached hydrogens (primary N) is 1. The van der Waals surface area contributed by atoms with E-state index in [1.54, 1.807) is 0 Å². The maximum atomic E-state index is 6.13. The molecule has 3 aromatic carbocycles. The predicted molar refractivity (Wildman–Crippen MR) is 333 cm³/mol. The molecule has 8 nitrogen and oxygen atoms in total. The summed E-state index contributed by atoms with van der Waals surface area (Å²) in [7, 11) is 6.70. The number of hydrogen-bond donors (Lipinski definition) is 2. The van der Waals surface area contributed by atoms with Gasteiger partial charge in [-0.2, -0.15) is 0 Å². The number of nitrogens with one attached hydrogen (secondary N) is 1. The number of aromatic nitrogens is 2. The van der Waals surface area contributed by atoms with E-state index < -0.39 is 0 Å². The highest BCUT2D eigenvalue weighted by atomic mass is 15.3. The van der Waals surface area contributed by atoms with Gasteiger partial charge in [0.05, 0.1) is 35.4 Å². The predicted octanol–water partition coefficient (Wildman–Crippen LogP) is 15.0. The number of allylic oxidation sites excluding steroid dienone is 2. The molecule has 3 fully saturated rings. The largest absolute Gasteiger partial charge is 0.379 e. The van der Waals surface area contributed by atoms with Crippen LogP contribution in [0.5, 0.6) is 0 Å². The molecule has 0 bridgehead atoms. The van der Waals surface area contributed by atoms with E-state index in [0.29, 0.717) is 29.7 Å². The van der Waals surface area contributed by atoms with Gasteiger partial charge in [-0.3, -0.25) is 4.98 Å². The van der Waals surface area contributed by atoms with Gasteiger partial charge in [0.25, 0.3) is 0 Å². The molecule has 3 aliphatic rings. The minimum atomic E-state index is -0.0450. The first-order valence-electron chi connectivity index (χ1n) is 29.7. The second kappa shape index (κ2) is 26.9. The summed E-state index contributed by atoms with van der Waals surface area (Å²) < 4.78 is 2.60. The number of hydrogen-bond acceptors (Lipinski definition) is 7. The molecule has 3 heterocycles. The molecule has 0 amide bonds. The van der Waals surface area contributed by atoms with E-state index in [9.17, 15) is 0 Å². The van der Waals surface area contributed by atoms with Gasteiger partial charge in [0.15, 0.2) is 0 Å². The van der Waals surface area contributed by atoms with Crippen LogP contribution in [0.25, 0.3) is 33.3 Å². The van der Waals surface area contributed by atoms with Gasteiger partial charge in [0, 0.05) is 86.4 Å². The topological polar surface area (TPSA) is 68.8 Å². The molecule has 0 spiro atoms. The standard InChI is InChI=1S/C63H94N8.C6H6/c1-16-19-26-63(11,12)39-57-55-37-51(24-25-59(55)71(18-3)62(57)56-38-54(41-65-60(56)44(7)17-2)70-29-27-67(13)28-30-70)52-32-43(6)31-48(33-52)36-58(47(10)68(14)53-34-49(35-53)40-64)66-45(8)61(42(4)5)69(15)46(9)50-22-20-21-23-50;1-2-4-6-5-3-1/h16,24-25,31-33,37-38,41-42,44,49-50,53,58,61,66H,1,8-10,17-23,26-30,34-36,39-40,64H2,2-7,11-15H3;1-6H. The average molecular weight is 1040 g/mol. The molecule has 1 aliphatic heterocycles. The third-order valence-electron chi connectivity index (χ3n) is 17.8. The second-order valence-corrected chi connectivity index (χ2v) is 24.6. The molecular weight excluding hydrogens is 941 g/mol. The molecule has 3 N–H and O–H groups in total. The fraction of sp³-hybridized carbons (Fsp3) is 0.522. The Hall–Kier alpha value is -5.57. The van der Waals surface area contributed by atoms with E-state index in [0.717, 1.165) is 95.6 Å². The molecule has 3 atom stereocenters. The van der Waals surface area contributed by atoms with Crippen molar-refractivity contribution in [2.24, 2.45) is 28.9 Å². The number of rotatable bonds is 24. The lowest BCUT2D eigenvalue weighted by molar-refractivity contribution is 0.126. The number of likely N-dealkylation sites (N-methyl/N-ethyl adjacent to an activating group) is 3. The summed E-state index contributed by atoms with van der Waals surface area (Å²) in [5.41, 5.74) is 22.4. The van der Waals surface area contributed by atoms with Crippen LogP contribution in [0.3, 0.4) is 0 Å². The minimum absolute atomic E-state index is 0.0450. The number of fused-ring (bicyclic) bond motifs is 1. The smallest absolute Gasteiger partial charge is 0.0699 e. The van der Waals surface area contributed by atoms with Crippen LogP contribution in [0.4, 0.5) is 5.69 Å². The van der Waals surface area contributed by atoms with Gasteiger partial charge < -0.3 is 35.2 Å². The molecule has 77 heavy (non-hydrogen) atoms. The van der Waals surface area contributed by atoms with Gasteiger partial charge in [-0.15, -0.1) is 6.58 Å². The zero-order chi connectivity index (χ0) is 55.6. The Morgan fingerprint density at radius 1 is 0.896 bits per heavy atom. The first-order valence-corrected chi connectivity index (χ1v) is 29.7. The second-order valence-electron chi connectivity index (χ2n) is 24.6. The van der Waals surface area contributed by atoms with E-state index >= 15 is 0 Å². The SMILES string of the molecule is C=CCCC(C)(C)Cc1c(-c2cc(N3CCN(C)CC3)cnc2C(C)CC)n(CC)c2ccc(-c3cc(C)cc(CC(NC(=C)C(C(C)C)N(C)C(=C)C4CCCC4)C(=C)N(C)C4CC(CN)C4)c3)cc12.c1ccccc1. The van der Waals surface area contributed by atoms with Crippen molar-refractivity contribution >= 4 is 16.6 Å². The van der Waals surface area contributed by atoms with Crippen LogP contribution >= 0.6 is 0 Å². The van der Waals surface area contributed by atoms with Crippen molar-refractivity contribution in [2.45, 2.75) is 157 Å². The summed E-state index contributed by atoms with van der Waals surface area (Å²) in [6.07, 6.45) is 16.4. The van der Waals surface area contributed by atoms with E-state index in [2.05, 4.69) is 174 Å². The number of pyridine rings is 1. The number of benzene rings is 3. The first-order chi connectivity index (χ1) is 36.9. The van der Waals surface area contributed by atoms with Crippen LogP contribution in [-0.2, 0) is 19.4 Å². The Labute approximate surface area is 467 Å². The zero-order valence-corrected chi connectivity index (χ0v) is 49.8. The van der Waals surface area contributed by atoms with E-state index in [4.69, 9.17) is 23.9 Å². The Morgan fingerprint density at radius 2 is 1.56 bits per heavy atom. The molecule has 3 unspecified atom stereocenters. The summed E-state index contributed by atoms with van der Waals surface area (Å²) in [5, 5.41) is 5.39. The Balaban J connectivity index is 0.00000134. The monoisotopic (exact) mass is 1040 g/mol. The Bertz CT molecular complexity index is 2720. The molecule has 416 valence electrons. The average Bonchev–Trinajstić information content (AvgIpc) is 4.07. The van der Waals surface area contributed by atoms with E-state index in [-0.39, 0.29) is 17.5 Å². The van der Waals surface area contributed by atoms with Gasteiger partial charge in [-0.25, -0.2) is 0 Å². The van der Waals surface area contributed by atoms with Crippen LogP contribution < -0.4 is 16.0 Å². The molecule has 1 saturated heterocycles. The number of aryl methyl sites for hydroxylation is 2. The van der Waals surface area contributed by atoms with Crippen molar-refractivity contribution in [2.75, 3.05) is 58.8 Å². The molecule has 2 saturated carbocycles. The van der Waals surface area contributed by atoms with Crippen LogP contribution in [0.15, 0.2) is 135 Å². The maximum Gasteiger partial charge on any atom is 0.0699 e. The molecule has 0 radical (unpaired) electrons. The van der Waals surface area contributed by atoms with Crippen LogP contribution in [0.1, 0.15) is 135 Å². The summed E-state index contributed by atoms with van der Waals surface area (Å²) in [5.74, 6) is 1.81. The maximum absolute atomic E-state index is 6.13. The first kappa shape index (κ1) is 59.1. The van der Waals surface area contributed by atoms with Crippen molar-refractivity contribution < 1.29 is 0 Å². The van der Waals surface area contributed by atoms with Gasteiger partial charge in [0.1, 0.15) is 0 Å². The molecule has 8 rings (SSSR count). The van der Waals surface area contributed by atoms with E-state index in [1.165, 1.54) is 92.7 Å². The molecule has 2 aliphatic carbocycles. The minimum Gasteiger partial charge on any atom is -0.379 e. The van der Waals surface area contributed by atoms with Crippen molar-refractivity contribution in [3.63, 3.8) is 0 Å². The molecular formula is C69H100N8. The highest BCUT2D eigenvalue weighted by Crippen LogP contribution is 2.44. The van der Waals surface area contributed by atoms with Gasteiger partial charge >= 0.3 is 0 Å².